The van der Waals surface area contributed by atoms with Crippen molar-refractivity contribution in [2.45, 2.75) is 58.5 Å². The third kappa shape index (κ3) is 7.36. The second-order valence-corrected chi connectivity index (χ2v) is 10.5. The van der Waals surface area contributed by atoms with Crippen LogP contribution in [0.5, 0.6) is 0 Å². The van der Waals surface area contributed by atoms with Crippen LogP contribution in [-0.2, 0) is 11.3 Å². The molecule has 1 N–H and O–H groups in total. The monoisotopic (exact) mass is 540 g/mol. The van der Waals surface area contributed by atoms with Crippen LogP contribution in [0.1, 0.15) is 62.6 Å². The van der Waals surface area contributed by atoms with Crippen molar-refractivity contribution in [3.8, 4) is 0 Å². The summed E-state index contributed by atoms with van der Waals surface area (Å²) in [5.41, 5.74) is 4.03. The second kappa shape index (κ2) is 13.9. The highest BCUT2D eigenvalue weighted by atomic mass is 16.6. The van der Waals surface area contributed by atoms with Crippen LogP contribution in [0.3, 0.4) is 0 Å². The Hall–Kier alpha value is -3.97. The van der Waals surface area contributed by atoms with Gasteiger partial charge in [0.1, 0.15) is 0 Å². The molecule has 0 fully saturated rings. The summed E-state index contributed by atoms with van der Waals surface area (Å²) in [4.78, 5) is 27.1. The van der Waals surface area contributed by atoms with Crippen LogP contribution >= 0.6 is 0 Å². The molecule has 4 aromatic rings. The number of benzene rings is 3. The lowest BCUT2D eigenvalue weighted by Gasteiger charge is -2.21. The van der Waals surface area contributed by atoms with E-state index in [1.807, 2.05) is 54.6 Å². The molecule has 40 heavy (non-hydrogen) atoms. The molecule has 210 valence electrons. The van der Waals surface area contributed by atoms with Gasteiger partial charge in [-0.1, -0.05) is 74.5 Å². The third-order valence-electron chi connectivity index (χ3n) is 7.68. The van der Waals surface area contributed by atoms with Crippen molar-refractivity contribution in [2.75, 3.05) is 19.6 Å². The Balaban J connectivity index is 1.64. The molecule has 0 bridgehead atoms. The van der Waals surface area contributed by atoms with Crippen molar-refractivity contribution in [3.05, 3.63) is 112 Å². The van der Waals surface area contributed by atoms with Crippen LogP contribution in [0, 0.1) is 10.1 Å². The van der Waals surface area contributed by atoms with Crippen LogP contribution in [0.15, 0.2) is 85.1 Å². The lowest BCUT2D eigenvalue weighted by molar-refractivity contribution is -0.384. The van der Waals surface area contributed by atoms with Gasteiger partial charge in [-0.05, 0) is 62.2 Å². The zero-order valence-corrected chi connectivity index (χ0v) is 23.8. The van der Waals surface area contributed by atoms with Crippen molar-refractivity contribution >= 4 is 22.5 Å². The largest absolute Gasteiger partial charge is 0.354 e. The van der Waals surface area contributed by atoms with E-state index >= 15 is 0 Å². The second-order valence-electron chi connectivity index (χ2n) is 10.5. The maximum Gasteiger partial charge on any atom is 0.270 e. The first kappa shape index (κ1) is 29.0. The van der Waals surface area contributed by atoms with Crippen LogP contribution in [0.4, 0.5) is 5.69 Å². The van der Waals surface area contributed by atoms with Crippen molar-refractivity contribution in [1.82, 2.24) is 14.8 Å². The fraction of sp³-hybridized carbons (Fsp3) is 0.364. The standard InChI is InChI=1S/C33H40N4O3/c1-4-35(5-2)20-12-13-25(3)34-33(38)22-29(27-16-10-7-11-17-27)31-24-36(23-26-14-8-6-9-15-26)32-19-18-28(37(39)40)21-30(31)32/h6-11,14-19,21,24-25,29H,4-5,12-13,20,22-23H2,1-3H3,(H,34,38)/t25-,29-/m0/s1. The van der Waals surface area contributed by atoms with Crippen molar-refractivity contribution in [3.63, 3.8) is 0 Å². The molecule has 0 spiro atoms. The number of nitrogens with one attached hydrogen (secondary N) is 1. The number of hydrogen-bond acceptors (Lipinski definition) is 4. The molecule has 0 aliphatic rings. The first-order chi connectivity index (χ1) is 19.4. The molecule has 0 unspecified atom stereocenters. The predicted molar refractivity (Wildman–Crippen MR) is 162 cm³/mol. The number of non-ortho nitro benzene ring substituents is 1. The van der Waals surface area contributed by atoms with E-state index in [4.69, 9.17) is 0 Å². The van der Waals surface area contributed by atoms with Crippen molar-refractivity contribution in [2.24, 2.45) is 0 Å². The smallest absolute Gasteiger partial charge is 0.270 e. The van der Waals surface area contributed by atoms with Crippen molar-refractivity contribution < 1.29 is 9.72 Å². The molecule has 2 atom stereocenters. The number of fused-ring (bicyclic) bond motifs is 1. The fourth-order valence-electron chi connectivity index (χ4n) is 5.46. The number of nitro benzene ring substituents is 1. The van der Waals surface area contributed by atoms with Gasteiger partial charge in [0, 0.05) is 54.2 Å². The van der Waals surface area contributed by atoms with E-state index in [0.717, 1.165) is 60.1 Å². The maximum atomic E-state index is 13.4. The lowest BCUT2D eigenvalue weighted by Crippen LogP contribution is -2.34. The molecular weight excluding hydrogens is 500 g/mol. The van der Waals surface area contributed by atoms with Gasteiger partial charge >= 0.3 is 0 Å². The molecule has 0 saturated carbocycles. The first-order valence-corrected chi connectivity index (χ1v) is 14.3. The fourth-order valence-corrected chi connectivity index (χ4v) is 5.46. The highest BCUT2D eigenvalue weighted by Crippen LogP contribution is 2.36. The Kier molecular flexibility index (Phi) is 10.1. The first-order valence-electron chi connectivity index (χ1n) is 14.3. The Bertz CT molecular complexity index is 1400. The Labute approximate surface area is 237 Å². The summed E-state index contributed by atoms with van der Waals surface area (Å²) in [6.45, 7) is 10.1. The Morgan fingerprint density at radius 2 is 1.68 bits per heavy atom. The zero-order valence-electron chi connectivity index (χ0n) is 23.8. The number of aromatic nitrogens is 1. The molecule has 0 radical (unpaired) electrons. The van der Waals surface area contributed by atoms with E-state index in [0.29, 0.717) is 6.54 Å². The van der Waals surface area contributed by atoms with Gasteiger partial charge in [0.05, 0.1) is 4.92 Å². The predicted octanol–water partition coefficient (Wildman–Crippen LogP) is 6.75. The average Bonchev–Trinajstić information content (AvgIpc) is 3.32. The third-order valence-corrected chi connectivity index (χ3v) is 7.68. The number of nitrogens with zero attached hydrogens (tertiary/aromatic N) is 3. The van der Waals surface area contributed by atoms with Gasteiger partial charge in [0.2, 0.25) is 5.91 Å². The number of carbonyl (C=O) groups excluding carboxylic acids is 1. The van der Waals surface area contributed by atoms with E-state index in [1.54, 1.807) is 12.1 Å². The summed E-state index contributed by atoms with van der Waals surface area (Å²) in [7, 11) is 0. The van der Waals surface area contributed by atoms with E-state index in [1.165, 1.54) is 0 Å². The highest BCUT2D eigenvalue weighted by Gasteiger charge is 2.25. The number of carbonyl (C=O) groups is 1. The summed E-state index contributed by atoms with van der Waals surface area (Å²) in [5, 5.41) is 15.7. The molecule has 1 amide bonds. The summed E-state index contributed by atoms with van der Waals surface area (Å²) in [5.74, 6) is -0.260. The molecule has 7 nitrogen and oxygen atoms in total. The molecule has 0 saturated heterocycles. The van der Waals surface area contributed by atoms with Crippen LogP contribution in [0.25, 0.3) is 10.9 Å². The van der Waals surface area contributed by atoms with Crippen LogP contribution in [-0.4, -0.2) is 46.0 Å². The van der Waals surface area contributed by atoms with E-state index in [2.05, 4.69) is 53.9 Å². The van der Waals surface area contributed by atoms with E-state index < -0.39 is 0 Å². The molecule has 3 aromatic carbocycles. The Morgan fingerprint density at radius 3 is 2.33 bits per heavy atom. The minimum atomic E-state index is -0.359. The molecular formula is C33H40N4O3. The topological polar surface area (TPSA) is 80.4 Å². The maximum absolute atomic E-state index is 13.4. The Morgan fingerprint density at radius 1 is 1.00 bits per heavy atom. The minimum Gasteiger partial charge on any atom is -0.354 e. The number of rotatable bonds is 14. The van der Waals surface area contributed by atoms with Gasteiger partial charge in [-0.25, -0.2) is 0 Å². The van der Waals surface area contributed by atoms with Crippen LogP contribution in [0.2, 0.25) is 0 Å². The van der Waals surface area contributed by atoms with Gasteiger partial charge in [-0.3, -0.25) is 14.9 Å². The zero-order chi connectivity index (χ0) is 28.5. The molecule has 4 rings (SSSR count). The quantitative estimate of drug-likeness (QED) is 0.142. The molecule has 1 heterocycles. The van der Waals surface area contributed by atoms with Crippen molar-refractivity contribution in [1.29, 1.82) is 0 Å². The summed E-state index contributed by atoms with van der Waals surface area (Å²) in [6, 6.07) is 25.2. The number of nitro groups is 1. The molecule has 7 heteroatoms. The summed E-state index contributed by atoms with van der Waals surface area (Å²) < 4.78 is 2.13. The number of amides is 1. The number of hydrogen-bond donors (Lipinski definition) is 1. The minimum absolute atomic E-state index is 0.0152. The lowest BCUT2D eigenvalue weighted by atomic mass is 9.88. The van der Waals surface area contributed by atoms with Gasteiger partial charge in [0.15, 0.2) is 0 Å². The highest BCUT2D eigenvalue weighted by molar-refractivity contribution is 5.88. The average molecular weight is 541 g/mol. The summed E-state index contributed by atoms with van der Waals surface area (Å²) in [6.07, 6.45) is 4.28. The van der Waals surface area contributed by atoms with E-state index in [9.17, 15) is 14.9 Å². The summed E-state index contributed by atoms with van der Waals surface area (Å²) >= 11 is 0. The normalized spacial score (nSPS) is 12.9. The van der Waals surface area contributed by atoms with Crippen LogP contribution < -0.4 is 5.32 Å². The van der Waals surface area contributed by atoms with E-state index in [-0.39, 0.29) is 34.9 Å². The van der Waals surface area contributed by atoms with Gasteiger partial charge in [0.25, 0.3) is 5.69 Å². The molecule has 0 aliphatic heterocycles. The SMILES string of the molecule is CCN(CC)CCC[C@H](C)NC(=O)C[C@@H](c1ccccc1)c1cn(Cc2ccccc2)c2ccc([N+](=O)[O-])cc12. The van der Waals surface area contributed by atoms with Gasteiger partial charge < -0.3 is 14.8 Å². The molecule has 0 aliphatic carbocycles. The van der Waals surface area contributed by atoms with Gasteiger partial charge in [-0.2, -0.15) is 0 Å². The van der Waals surface area contributed by atoms with Gasteiger partial charge in [-0.15, -0.1) is 0 Å². The molecule has 1 aromatic heterocycles.